The van der Waals surface area contributed by atoms with Crippen LogP contribution in [0.25, 0.3) is 0 Å². The van der Waals surface area contributed by atoms with E-state index in [0.29, 0.717) is 0 Å². The Bertz CT molecular complexity index is 262. The van der Waals surface area contributed by atoms with Crippen molar-refractivity contribution >= 4 is 0 Å². The van der Waals surface area contributed by atoms with Crippen molar-refractivity contribution < 1.29 is 4.42 Å². The van der Waals surface area contributed by atoms with Crippen LogP contribution in [0.1, 0.15) is 44.3 Å². The second-order valence-electron chi connectivity index (χ2n) is 4.77. The number of nitrogens with two attached hydrogens (primary N) is 1. The molecule has 1 aromatic heterocycles. The standard InChI is InChI=1S/C13H21NO/c14-12(10-13-6-3-9-15-13)8-7-11-4-1-2-5-11/h3,6,9,11-12H,1-2,4-5,7-8,10,14H2. The highest BCUT2D eigenvalue weighted by Gasteiger charge is 2.16. The molecule has 2 nitrogen and oxygen atoms in total. The average Bonchev–Trinajstić information content (AvgIpc) is 2.86. The van der Waals surface area contributed by atoms with Gasteiger partial charge in [-0.2, -0.15) is 0 Å². The fraction of sp³-hybridized carbons (Fsp3) is 0.692. The Labute approximate surface area is 91.8 Å². The van der Waals surface area contributed by atoms with Gasteiger partial charge in [-0.15, -0.1) is 0 Å². The summed E-state index contributed by atoms with van der Waals surface area (Å²) in [6, 6.07) is 4.21. The molecule has 1 heterocycles. The first-order valence-corrected chi connectivity index (χ1v) is 6.12. The predicted octanol–water partition coefficient (Wildman–Crippen LogP) is 3.12. The molecule has 84 valence electrons. The van der Waals surface area contributed by atoms with Crippen LogP contribution in [0.15, 0.2) is 22.8 Å². The number of furan rings is 1. The van der Waals surface area contributed by atoms with Gasteiger partial charge in [0.1, 0.15) is 5.76 Å². The lowest BCUT2D eigenvalue weighted by Gasteiger charge is -2.13. The molecule has 0 aliphatic heterocycles. The fourth-order valence-electron chi connectivity index (χ4n) is 2.54. The quantitative estimate of drug-likeness (QED) is 0.805. The molecule has 2 N–H and O–H groups in total. The molecular formula is C13H21NO. The zero-order valence-corrected chi connectivity index (χ0v) is 9.32. The van der Waals surface area contributed by atoms with Gasteiger partial charge in [-0.1, -0.05) is 25.7 Å². The van der Waals surface area contributed by atoms with Crippen molar-refractivity contribution in [1.82, 2.24) is 0 Å². The van der Waals surface area contributed by atoms with Crippen molar-refractivity contribution in [2.45, 2.75) is 51.0 Å². The Balaban J connectivity index is 1.66. The van der Waals surface area contributed by atoms with Crippen molar-refractivity contribution in [3.8, 4) is 0 Å². The van der Waals surface area contributed by atoms with Crippen LogP contribution in [-0.4, -0.2) is 6.04 Å². The molecular weight excluding hydrogens is 186 g/mol. The monoisotopic (exact) mass is 207 g/mol. The summed E-state index contributed by atoms with van der Waals surface area (Å²) >= 11 is 0. The minimum Gasteiger partial charge on any atom is -0.469 e. The van der Waals surface area contributed by atoms with E-state index in [-0.39, 0.29) is 6.04 Å². The van der Waals surface area contributed by atoms with E-state index in [4.69, 9.17) is 10.2 Å². The highest BCUT2D eigenvalue weighted by molar-refractivity contribution is 5.00. The third-order valence-corrected chi connectivity index (χ3v) is 3.46. The second kappa shape index (κ2) is 5.36. The zero-order valence-electron chi connectivity index (χ0n) is 9.32. The Morgan fingerprint density at radius 3 is 2.87 bits per heavy atom. The molecule has 2 rings (SSSR count). The normalized spacial score (nSPS) is 19.5. The molecule has 0 saturated heterocycles. The minimum atomic E-state index is 0.275. The van der Waals surface area contributed by atoms with Gasteiger partial charge >= 0.3 is 0 Å². The number of rotatable bonds is 5. The Morgan fingerprint density at radius 1 is 1.40 bits per heavy atom. The topological polar surface area (TPSA) is 39.2 Å². The van der Waals surface area contributed by atoms with Crippen LogP contribution in [0.3, 0.4) is 0 Å². The Hall–Kier alpha value is -0.760. The molecule has 0 spiro atoms. The molecule has 1 atom stereocenters. The van der Waals surface area contributed by atoms with Gasteiger partial charge < -0.3 is 10.2 Å². The first-order chi connectivity index (χ1) is 7.34. The van der Waals surface area contributed by atoms with Crippen LogP contribution in [0, 0.1) is 5.92 Å². The molecule has 1 saturated carbocycles. The summed E-state index contributed by atoms with van der Waals surface area (Å²) in [7, 11) is 0. The number of hydrogen-bond acceptors (Lipinski definition) is 2. The first-order valence-electron chi connectivity index (χ1n) is 6.12. The van der Waals surface area contributed by atoms with Gasteiger partial charge in [0.2, 0.25) is 0 Å². The first kappa shape index (κ1) is 10.7. The molecule has 0 aromatic carbocycles. The maximum atomic E-state index is 6.08. The summed E-state index contributed by atoms with van der Waals surface area (Å²) in [5.41, 5.74) is 6.08. The van der Waals surface area contributed by atoms with Crippen LogP contribution in [0.2, 0.25) is 0 Å². The van der Waals surface area contributed by atoms with E-state index >= 15 is 0 Å². The molecule has 1 aliphatic carbocycles. The van der Waals surface area contributed by atoms with Crippen molar-refractivity contribution in [2.75, 3.05) is 0 Å². The van der Waals surface area contributed by atoms with Gasteiger partial charge in [-0.05, 0) is 30.9 Å². The summed E-state index contributed by atoms with van der Waals surface area (Å²) in [6.45, 7) is 0. The lowest BCUT2D eigenvalue weighted by Crippen LogP contribution is -2.23. The largest absolute Gasteiger partial charge is 0.469 e. The summed E-state index contributed by atoms with van der Waals surface area (Å²) < 4.78 is 5.30. The van der Waals surface area contributed by atoms with E-state index < -0.39 is 0 Å². The molecule has 1 aromatic rings. The van der Waals surface area contributed by atoms with Gasteiger partial charge in [-0.3, -0.25) is 0 Å². The van der Waals surface area contributed by atoms with Crippen molar-refractivity contribution in [3.05, 3.63) is 24.2 Å². The highest BCUT2D eigenvalue weighted by atomic mass is 16.3. The summed E-state index contributed by atoms with van der Waals surface area (Å²) in [6.07, 6.45) is 10.8. The molecule has 1 aliphatic rings. The van der Waals surface area contributed by atoms with Gasteiger partial charge in [0.05, 0.1) is 6.26 Å². The van der Waals surface area contributed by atoms with Gasteiger partial charge in [0.15, 0.2) is 0 Å². The van der Waals surface area contributed by atoms with E-state index in [9.17, 15) is 0 Å². The van der Waals surface area contributed by atoms with Crippen LogP contribution >= 0.6 is 0 Å². The summed E-state index contributed by atoms with van der Waals surface area (Å²) in [5, 5.41) is 0. The van der Waals surface area contributed by atoms with Crippen molar-refractivity contribution in [3.63, 3.8) is 0 Å². The van der Waals surface area contributed by atoms with Crippen LogP contribution in [0.5, 0.6) is 0 Å². The van der Waals surface area contributed by atoms with Crippen LogP contribution in [0.4, 0.5) is 0 Å². The van der Waals surface area contributed by atoms with Gasteiger partial charge in [0.25, 0.3) is 0 Å². The maximum Gasteiger partial charge on any atom is 0.105 e. The van der Waals surface area contributed by atoms with E-state index in [2.05, 4.69) is 0 Å². The molecule has 1 fully saturated rings. The van der Waals surface area contributed by atoms with E-state index in [1.54, 1.807) is 6.26 Å². The molecule has 15 heavy (non-hydrogen) atoms. The summed E-state index contributed by atoms with van der Waals surface area (Å²) in [5.74, 6) is 1.97. The molecule has 0 bridgehead atoms. The fourth-order valence-corrected chi connectivity index (χ4v) is 2.54. The SMILES string of the molecule is NC(CCC1CCCC1)Cc1ccco1. The lowest BCUT2D eigenvalue weighted by atomic mass is 9.97. The molecule has 0 radical (unpaired) electrons. The minimum absolute atomic E-state index is 0.275. The average molecular weight is 207 g/mol. The zero-order chi connectivity index (χ0) is 10.5. The second-order valence-corrected chi connectivity index (χ2v) is 4.77. The number of hydrogen-bond donors (Lipinski definition) is 1. The third kappa shape index (κ3) is 3.38. The van der Waals surface area contributed by atoms with Crippen molar-refractivity contribution in [2.24, 2.45) is 11.7 Å². The Morgan fingerprint density at radius 2 is 2.20 bits per heavy atom. The third-order valence-electron chi connectivity index (χ3n) is 3.46. The van der Waals surface area contributed by atoms with E-state index in [0.717, 1.165) is 24.5 Å². The molecule has 2 heteroatoms. The predicted molar refractivity (Wildman–Crippen MR) is 61.6 cm³/mol. The maximum absolute atomic E-state index is 6.08. The lowest BCUT2D eigenvalue weighted by molar-refractivity contribution is 0.423. The van der Waals surface area contributed by atoms with E-state index in [1.807, 2.05) is 12.1 Å². The van der Waals surface area contributed by atoms with Gasteiger partial charge in [-0.25, -0.2) is 0 Å². The smallest absolute Gasteiger partial charge is 0.105 e. The van der Waals surface area contributed by atoms with Crippen LogP contribution in [-0.2, 0) is 6.42 Å². The van der Waals surface area contributed by atoms with Crippen molar-refractivity contribution in [1.29, 1.82) is 0 Å². The van der Waals surface area contributed by atoms with Crippen LogP contribution < -0.4 is 5.73 Å². The van der Waals surface area contributed by atoms with Gasteiger partial charge in [0, 0.05) is 12.5 Å². The Kier molecular flexibility index (Phi) is 3.84. The molecule has 1 unspecified atom stereocenters. The molecule has 0 amide bonds. The summed E-state index contributed by atoms with van der Waals surface area (Å²) in [4.78, 5) is 0. The highest BCUT2D eigenvalue weighted by Crippen LogP contribution is 2.29. The van der Waals surface area contributed by atoms with E-state index in [1.165, 1.54) is 32.1 Å².